The first kappa shape index (κ1) is 27.1. The van der Waals surface area contributed by atoms with E-state index in [0.717, 1.165) is 27.7 Å². The summed E-state index contributed by atoms with van der Waals surface area (Å²) in [6.07, 6.45) is -1.65. The van der Waals surface area contributed by atoms with Gasteiger partial charge in [0.25, 0.3) is 6.29 Å². The number of hydrogen-bond acceptors (Lipinski definition) is 13. The van der Waals surface area contributed by atoms with Gasteiger partial charge in [-0.25, -0.2) is 9.59 Å². The van der Waals surface area contributed by atoms with E-state index in [9.17, 15) is 28.8 Å². The van der Waals surface area contributed by atoms with Crippen LogP contribution >= 0.6 is 0 Å². The molecule has 1 unspecified atom stereocenters. The zero-order valence-electron chi connectivity index (χ0n) is 21.7. The van der Waals surface area contributed by atoms with Crippen LogP contribution in [0.2, 0.25) is 0 Å². The van der Waals surface area contributed by atoms with Crippen molar-refractivity contribution in [2.45, 2.75) is 54.4 Å². The lowest BCUT2D eigenvalue weighted by Gasteiger charge is -2.20. The molecule has 13 heteroatoms. The third-order valence-corrected chi connectivity index (χ3v) is 5.62. The van der Waals surface area contributed by atoms with Crippen LogP contribution in [0.1, 0.15) is 77.0 Å². The first-order chi connectivity index (χ1) is 18.3. The van der Waals surface area contributed by atoms with Gasteiger partial charge in [-0.2, -0.15) is 0 Å². The van der Waals surface area contributed by atoms with Crippen molar-refractivity contribution in [1.82, 2.24) is 0 Å². The maximum atomic E-state index is 13.4. The van der Waals surface area contributed by atoms with Gasteiger partial charge in [-0.3, -0.25) is 19.2 Å². The SMILES string of the molecule is CC(=O)OCc1c(OC(C)=O)cc(C)c2c1Oc1c(c(C)c(OC(C)=O)c3c1C(OC(C)=O)OC3=O)OC2=O. The zero-order valence-corrected chi connectivity index (χ0v) is 21.7. The van der Waals surface area contributed by atoms with E-state index >= 15 is 0 Å². The van der Waals surface area contributed by atoms with Gasteiger partial charge in [0.1, 0.15) is 23.5 Å². The fourth-order valence-electron chi connectivity index (χ4n) is 4.16. The third kappa shape index (κ3) is 4.98. The lowest BCUT2D eigenvalue weighted by atomic mass is 10.0. The average molecular weight is 542 g/mol. The Morgan fingerprint density at radius 3 is 2.05 bits per heavy atom. The highest BCUT2D eigenvalue weighted by Gasteiger charge is 2.45. The molecule has 204 valence electrons. The average Bonchev–Trinajstić information content (AvgIpc) is 3.02. The first-order valence-corrected chi connectivity index (χ1v) is 11.4. The first-order valence-electron chi connectivity index (χ1n) is 11.4. The lowest BCUT2D eigenvalue weighted by molar-refractivity contribution is -0.165. The Bertz CT molecular complexity index is 1480. The predicted octanol–water partition coefficient (Wildman–Crippen LogP) is 3.27. The fraction of sp³-hybridized carbons (Fsp3) is 0.308. The van der Waals surface area contributed by atoms with Gasteiger partial charge in [-0.15, -0.1) is 0 Å². The zero-order chi connectivity index (χ0) is 28.8. The molecule has 0 aliphatic carbocycles. The van der Waals surface area contributed by atoms with Crippen molar-refractivity contribution in [1.29, 1.82) is 0 Å². The highest BCUT2D eigenvalue weighted by Crippen LogP contribution is 2.55. The van der Waals surface area contributed by atoms with Crippen LogP contribution < -0.4 is 18.9 Å². The molecule has 0 saturated heterocycles. The number of cyclic esters (lactones) is 1. The van der Waals surface area contributed by atoms with Gasteiger partial charge < -0.3 is 33.2 Å². The van der Waals surface area contributed by atoms with Crippen LogP contribution in [-0.2, 0) is 40.0 Å². The second-order valence-corrected chi connectivity index (χ2v) is 8.58. The summed E-state index contributed by atoms with van der Waals surface area (Å²) in [5.74, 6) is -6.00. The van der Waals surface area contributed by atoms with Crippen LogP contribution in [-0.4, -0.2) is 35.8 Å². The number of carbonyl (C=O) groups is 6. The Balaban J connectivity index is 2.06. The molecule has 2 aromatic rings. The van der Waals surface area contributed by atoms with Crippen molar-refractivity contribution >= 4 is 35.8 Å². The molecule has 1 atom stereocenters. The van der Waals surface area contributed by atoms with E-state index < -0.39 is 48.7 Å². The quantitative estimate of drug-likeness (QED) is 0.399. The van der Waals surface area contributed by atoms with Gasteiger partial charge in [0.2, 0.25) is 0 Å². The minimum Gasteiger partial charge on any atom is -0.461 e. The normalized spacial score (nSPS) is 14.9. The molecule has 13 nitrogen and oxygen atoms in total. The Hall–Kier alpha value is -4.94. The van der Waals surface area contributed by atoms with E-state index in [2.05, 4.69) is 0 Å². The Kier molecular flexibility index (Phi) is 7.01. The van der Waals surface area contributed by atoms with Crippen LogP contribution in [0.5, 0.6) is 28.7 Å². The van der Waals surface area contributed by atoms with E-state index in [1.54, 1.807) is 0 Å². The lowest BCUT2D eigenvalue weighted by Crippen LogP contribution is -2.14. The minimum absolute atomic E-state index is 0.00413. The molecule has 2 aromatic carbocycles. The number of rotatable bonds is 5. The van der Waals surface area contributed by atoms with Crippen molar-refractivity contribution in [2.75, 3.05) is 0 Å². The summed E-state index contributed by atoms with van der Waals surface area (Å²) in [6.45, 7) is 6.95. The molecule has 0 bridgehead atoms. The molecule has 0 spiro atoms. The monoisotopic (exact) mass is 542 g/mol. The number of fused-ring (bicyclic) bond motifs is 4. The number of esters is 6. The molecule has 0 amide bonds. The molecule has 0 aromatic heterocycles. The maximum Gasteiger partial charge on any atom is 0.347 e. The smallest absolute Gasteiger partial charge is 0.347 e. The van der Waals surface area contributed by atoms with Crippen molar-refractivity contribution in [3.8, 4) is 28.7 Å². The van der Waals surface area contributed by atoms with E-state index in [4.69, 9.17) is 33.2 Å². The topological polar surface area (TPSA) is 167 Å². The van der Waals surface area contributed by atoms with Crippen molar-refractivity contribution in [2.24, 2.45) is 0 Å². The van der Waals surface area contributed by atoms with E-state index in [1.165, 1.54) is 19.9 Å². The van der Waals surface area contributed by atoms with E-state index in [1.807, 2.05) is 0 Å². The van der Waals surface area contributed by atoms with Gasteiger partial charge >= 0.3 is 35.8 Å². The van der Waals surface area contributed by atoms with Crippen LogP contribution in [0.3, 0.4) is 0 Å². The molecule has 4 rings (SSSR count). The summed E-state index contributed by atoms with van der Waals surface area (Å²) in [4.78, 5) is 73.4. The Morgan fingerprint density at radius 1 is 0.795 bits per heavy atom. The standard InChI is InChI=1S/C26H22O13/c1-9-7-16(34-12(4)28)15(8-33-11(3)27)22-17(9)24(31)38-21-10(2)20(35-13(5)29)18-19(23(21)37-22)26(36-14(6)30)39-25(18)32/h7,26H,8H2,1-6H3. The van der Waals surface area contributed by atoms with Crippen molar-refractivity contribution in [3.05, 3.63) is 39.4 Å². The molecule has 0 saturated carbocycles. The molecule has 0 N–H and O–H groups in total. The third-order valence-electron chi connectivity index (χ3n) is 5.62. The van der Waals surface area contributed by atoms with Gasteiger partial charge in [-0.05, 0) is 25.5 Å². The van der Waals surface area contributed by atoms with Crippen LogP contribution in [0.25, 0.3) is 0 Å². The van der Waals surface area contributed by atoms with Gasteiger partial charge in [0.15, 0.2) is 23.0 Å². The number of aryl methyl sites for hydroxylation is 1. The van der Waals surface area contributed by atoms with Crippen LogP contribution in [0.4, 0.5) is 0 Å². The molecule has 2 aliphatic heterocycles. The second-order valence-electron chi connectivity index (χ2n) is 8.58. The Labute approximate surface area is 220 Å². The number of ether oxygens (including phenoxy) is 7. The highest BCUT2D eigenvalue weighted by molar-refractivity contribution is 6.03. The largest absolute Gasteiger partial charge is 0.461 e. The number of carbonyl (C=O) groups excluding carboxylic acids is 6. The predicted molar refractivity (Wildman–Crippen MR) is 125 cm³/mol. The summed E-state index contributed by atoms with van der Waals surface area (Å²) in [6, 6.07) is 1.37. The Morgan fingerprint density at radius 2 is 1.46 bits per heavy atom. The van der Waals surface area contributed by atoms with E-state index in [0.29, 0.717) is 0 Å². The summed E-state index contributed by atoms with van der Waals surface area (Å²) >= 11 is 0. The molecular weight excluding hydrogens is 520 g/mol. The number of hydrogen-bond donors (Lipinski definition) is 0. The van der Waals surface area contributed by atoms with Gasteiger partial charge in [0, 0.05) is 33.3 Å². The van der Waals surface area contributed by atoms with E-state index in [-0.39, 0.29) is 62.1 Å². The fourth-order valence-corrected chi connectivity index (χ4v) is 4.16. The summed E-state index contributed by atoms with van der Waals surface area (Å²) < 4.78 is 37.9. The number of benzene rings is 2. The molecule has 2 heterocycles. The maximum absolute atomic E-state index is 13.4. The van der Waals surface area contributed by atoms with Crippen molar-refractivity contribution < 1.29 is 61.9 Å². The van der Waals surface area contributed by atoms with Crippen LogP contribution in [0, 0.1) is 13.8 Å². The molecule has 2 aliphatic rings. The summed E-state index contributed by atoms with van der Waals surface area (Å²) in [5.41, 5.74) is -0.302. The van der Waals surface area contributed by atoms with Crippen LogP contribution in [0.15, 0.2) is 6.07 Å². The highest BCUT2D eigenvalue weighted by atomic mass is 16.7. The molecule has 39 heavy (non-hydrogen) atoms. The van der Waals surface area contributed by atoms with Gasteiger partial charge in [0.05, 0.1) is 11.1 Å². The van der Waals surface area contributed by atoms with Crippen molar-refractivity contribution in [3.63, 3.8) is 0 Å². The minimum atomic E-state index is -1.65. The second kappa shape index (κ2) is 10.1. The summed E-state index contributed by atoms with van der Waals surface area (Å²) in [5, 5.41) is 0. The van der Waals surface area contributed by atoms with Gasteiger partial charge in [-0.1, -0.05) is 0 Å². The molecule has 0 radical (unpaired) electrons. The summed E-state index contributed by atoms with van der Waals surface area (Å²) in [7, 11) is 0. The molecular formula is C26H22O13. The molecule has 0 fully saturated rings.